The van der Waals surface area contributed by atoms with Crippen molar-refractivity contribution in [2.45, 2.75) is 24.8 Å². The lowest BCUT2D eigenvalue weighted by Gasteiger charge is -2.10. The molecule has 0 bridgehead atoms. The molecule has 2 N–H and O–H groups in total. The van der Waals surface area contributed by atoms with E-state index in [1.807, 2.05) is 41.8 Å². The van der Waals surface area contributed by atoms with Crippen molar-refractivity contribution in [3.05, 3.63) is 90.3 Å². The molecular formula is C24H24N4O3S. The van der Waals surface area contributed by atoms with Crippen LogP contribution in [0.4, 0.5) is 5.69 Å². The van der Waals surface area contributed by atoms with E-state index in [1.165, 1.54) is 12.1 Å². The summed E-state index contributed by atoms with van der Waals surface area (Å²) in [4.78, 5) is 17.0. The lowest BCUT2D eigenvalue weighted by Crippen LogP contribution is -2.25. The van der Waals surface area contributed by atoms with Gasteiger partial charge in [0, 0.05) is 24.3 Å². The zero-order valence-electron chi connectivity index (χ0n) is 17.7. The fraction of sp³-hybridized carbons (Fsp3) is 0.167. The first-order valence-electron chi connectivity index (χ1n) is 10.3. The third-order valence-corrected chi connectivity index (χ3v) is 6.44. The fourth-order valence-electron chi connectivity index (χ4n) is 3.47. The van der Waals surface area contributed by atoms with Crippen molar-refractivity contribution in [2.75, 3.05) is 11.3 Å². The van der Waals surface area contributed by atoms with E-state index < -0.39 is 10.0 Å². The van der Waals surface area contributed by atoms with Crippen LogP contribution < -0.4 is 10.0 Å². The molecule has 164 valence electrons. The maximum absolute atomic E-state index is 12.7. The Morgan fingerprint density at radius 3 is 2.66 bits per heavy atom. The normalized spacial score (nSPS) is 11.4. The van der Waals surface area contributed by atoms with Gasteiger partial charge in [-0.05, 0) is 61.4 Å². The van der Waals surface area contributed by atoms with Crippen LogP contribution in [0.15, 0.2) is 84.0 Å². The number of sulfonamides is 1. The van der Waals surface area contributed by atoms with Gasteiger partial charge in [0.15, 0.2) is 0 Å². The quantitative estimate of drug-likeness (QED) is 0.399. The largest absolute Gasteiger partial charge is 0.352 e. The van der Waals surface area contributed by atoms with Gasteiger partial charge < -0.3 is 9.88 Å². The van der Waals surface area contributed by atoms with Crippen LogP contribution in [0.25, 0.3) is 11.0 Å². The molecule has 1 amide bonds. The van der Waals surface area contributed by atoms with E-state index >= 15 is 0 Å². The van der Waals surface area contributed by atoms with Crippen LogP contribution in [0.3, 0.4) is 0 Å². The van der Waals surface area contributed by atoms with Crippen LogP contribution >= 0.6 is 0 Å². The molecule has 0 saturated heterocycles. The van der Waals surface area contributed by atoms with Crippen molar-refractivity contribution in [1.82, 2.24) is 14.9 Å². The number of para-hydroxylation sites is 2. The molecule has 0 aliphatic rings. The number of hydrogen-bond donors (Lipinski definition) is 2. The molecule has 32 heavy (non-hydrogen) atoms. The number of imidazole rings is 1. The highest BCUT2D eigenvalue weighted by Crippen LogP contribution is 2.18. The van der Waals surface area contributed by atoms with E-state index in [-0.39, 0.29) is 10.8 Å². The minimum absolute atomic E-state index is 0.0385. The first-order valence-corrected chi connectivity index (χ1v) is 11.8. The minimum Gasteiger partial charge on any atom is -0.352 e. The monoisotopic (exact) mass is 448 g/mol. The Labute approximate surface area is 187 Å². The molecule has 3 aromatic carbocycles. The number of amides is 1. The first kappa shape index (κ1) is 21.6. The topological polar surface area (TPSA) is 93.1 Å². The molecule has 1 heterocycles. The van der Waals surface area contributed by atoms with Crippen molar-refractivity contribution < 1.29 is 13.2 Å². The number of aryl methyl sites for hydroxylation is 2. The second-order valence-electron chi connectivity index (χ2n) is 7.54. The molecule has 0 fully saturated rings. The first-order chi connectivity index (χ1) is 15.4. The molecule has 0 unspecified atom stereocenters. The fourth-order valence-corrected chi connectivity index (χ4v) is 4.56. The summed E-state index contributed by atoms with van der Waals surface area (Å²) < 4.78 is 30.1. The van der Waals surface area contributed by atoms with Gasteiger partial charge in [0.25, 0.3) is 15.9 Å². The number of fused-ring (bicyclic) bond motifs is 1. The zero-order valence-corrected chi connectivity index (χ0v) is 18.5. The Morgan fingerprint density at radius 2 is 1.81 bits per heavy atom. The molecule has 7 nitrogen and oxygen atoms in total. The van der Waals surface area contributed by atoms with Crippen LogP contribution in [0.1, 0.15) is 22.3 Å². The van der Waals surface area contributed by atoms with Gasteiger partial charge in [-0.15, -0.1) is 0 Å². The zero-order chi connectivity index (χ0) is 22.6. The van der Waals surface area contributed by atoms with Gasteiger partial charge in [0.1, 0.15) is 0 Å². The standard InChI is InChI=1S/C24H24N4O3S/c1-18-7-4-9-20(15-18)27-32(30,31)21-10-5-8-19(16-21)24(29)25-13-6-14-28-17-26-22-11-2-3-12-23(22)28/h2-5,7-12,15-17,27H,6,13-14H2,1H3,(H,25,29). The number of carbonyl (C=O) groups excluding carboxylic acids is 1. The van der Waals surface area contributed by atoms with Crippen molar-refractivity contribution >= 4 is 32.7 Å². The summed E-state index contributed by atoms with van der Waals surface area (Å²) in [5.41, 5.74) is 3.71. The van der Waals surface area contributed by atoms with Gasteiger partial charge in [-0.25, -0.2) is 13.4 Å². The average molecular weight is 449 g/mol. The number of benzene rings is 3. The van der Waals surface area contributed by atoms with E-state index in [0.29, 0.717) is 17.8 Å². The molecular weight excluding hydrogens is 424 g/mol. The predicted octanol–water partition coefficient (Wildman–Crippen LogP) is 3.97. The Hall–Kier alpha value is -3.65. The van der Waals surface area contributed by atoms with Gasteiger partial charge >= 0.3 is 0 Å². The summed E-state index contributed by atoms with van der Waals surface area (Å²) in [5.74, 6) is -0.312. The Kier molecular flexibility index (Phi) is 6.23. The summed E-state index contributed by atoms with van der Waals surface area (Å²) >= 11 is 0. The van der Waals surface area contributed by atoms with Crippen molar-refractivity contribution in [1.29, 1.82) is 0 Å². The molecule has 4 aromatic rings. The van der Waals surface area contributed by atoms with Crippen LogP contribution in [0.5, 0.6) is 0 Å². The molecule has 0 atom stereocenters. The summed E-state index contributed by atoms with van der Waals surface area (Å²) in [6, 6.07) is 21.0. The summed E-state index contributed by atoms with van der Waals surface area (Å²) in [6.07, 6.45) is 2.51. The molecule has 0 aliphatic carbocycles. The van der Waals surface area contributed by atoms with E-state index in [4.69, 9.17) is 0 Å². The predicted molar refractivity (Wildman–Crippen MR) is 125 cm³/mol. The number of nitrogens with zero attached hydrogens (tertiary/aromatic N) is 2. The van der Waals surface area contributed by atoms with Crippen molar-refractivity contribution in [3.8, 4) is 0 Å². The van der Waals surface area contributed by atoms with Gasteiger partial charge in [0.2, 0.25) is 0 Å². The van der Waals surface area contributed by atoms with E-state index in [1.54, 1.807) is 36.7 Å². The third kappa shape index (κ3) is 4.97. The Balaban J connectivity index is 1.36. The second kappa shape index (κ2) is 9.23. The summed E-state index contributed by atoms with van der Waals surface area (Å²) in [5, 5.41) is 2.86. The number of aromatic nitrogens is 2. The van der Waals surface area contributed by atoms with Gasteiger partial charge in [-0.1, -0.05) is 30.3 Å². The molecule has 0 spiro atoms. The van der Waals surface area contributed by atoms with Crippen LogP contribution in [0, 0.1) is 6.92 Å². The van der Waals surface area contributed by atoms with Crippen LogP contribution in [-0.4, -0.2) is 30.4 Å². The minimum atomic E-state index is -3.80. The van der Waals surface area contributed by atoms with Crippen molar-refractivity contribution in [2.24, 2.45) is 0 Å². The Bertz CT molecular complexity index is 1360. The van der Waals surface area contributed by atoms with E-state index in [0.717, 1.165) is 29.6 Å². The number of anilines is 1. The molecule has 4 rings (SSSR count). The second-order valence-corrected chi connectivity index (χ2v) is 9.22. The van der Waals surface area contributed by atoms with Gasteiger partial charge in [-0.3, -0.25) is 9.52 Å². The van der Waals surface area contributed by atoms with E-state index in [9.17, 15) is 13.2 Å². The lowest BCUT2D eigenvalue weighted by atomic mass is 10.2. The molecule has 1 aromatic heterocycles. The highest BCUT2D eigenvalue weighted by molar-refractivity contribution is 7.92. The molecule has 0 radical (unpaired) electrons. The SMILES string of the molecule is Cc1cccc(NS(=O)(=O)c2cccc(C(=O)NCCCn3cnc4ccccc43)c2)c1. The van der Waals surface area contributed by atoms with Gasteiger partial charge in [0.05, 0.1) is 22.3 Å². The number of carbonyl (C=O) groups is 1. The number of nitrogens with one attached hydrogen (secondary N) is 2. The average Bonchev–Trinajstić information content (AvgIpc) is 3.19. The van der Waals surface area contributed by atoms with Crippen molar-refractivity contribution in [3.63, 3.8) is 0 Å². The van der Waals surface area contributed by atoms with Crippen LogP contribution in [0.2, 0.25) is 0 Å². The summed E-state index contributed by atoms with van der Waals surface area (Å²) in [7, 11) is -3.80. The van der Waals surface area contributed by atoms with Gasteiger partial charge in [-0.2, -0.15) is 0 Å². The maximum Gasteiger partial charge on any atom is 0.261 e. The lowest BCUT2D eigenvalue weighted by molar-refractivity contribution is 0.0952. The molecule has 0 aliphatic heterocycles. The Morgan fingerprint density at radius 1 is 1.00 bits per heavy atom. The summed E-state index contributed by atoms with van der Waals surface area (Å²) in [6.45, 7) is 3.07. The molecule has 0 saturated carbocycles. The smallest absolute Gasteiger partial charge is 0.261 e. The highest BCUT2D eigenvalue weighted by atomic mass is 32.2. The van der Waals surface area contributed by atoms with E-state index in [2.05, 4.69) is 15.0 Å². The number of hydrogen-bond acceptors (Lipinski definition) is 4. The highest BCUT2D eigenvalue weighted by Gasteiger charge is 2.16. The third-order valence-electron chi connectivity index (χ3n) is 5.07. The number of rotatable bonds is 8. The van der Waals surface area contributed by atoms with Crippen LogP contribution in [-0.2, 0) is 16.6 Å². The molecule has 8 heteroatoms. The maximum atomic E-state index is 12.7.